The minimum atomic E-state index is -0.428. The van der Waals surface area contributed by atoms with Crippen LogP contribution in [0.1, 0.15) is 98.8 Å². The molecule has 0 aromatic carbocycles. The van der Waals surface area contributed by atoms with Crippen LogP contribution in [0, 0.1) is 34.5 Å². The summed E-state index contributed by atoms with van der Waals surface area (Å²) in [6.45, 7) is 18.2. The Morgan fingerprint density at radius 3 is 1.94 bits per heavy atom. The fourth-order valence-electron chi connectivity index (χ4n) is 6.88. The quantitative estimate of drug-likeness (QED) is 0.296. The van der Waals surface area contributed by atoms with Crippen LogP contribution in [0.15, 0.2) is 36.5 Å². The average Bonchev–Trinajstić information content (AvgIpc) is 3.13. The Morgan fingerprint density at radius 2 is 1.52 bits per heavy atom. The van der Waals surface area contributed by atoms with Crippen LogP contribution in [0.25, 0.3) is 0 Å². The van der Waals surface area contributed by atoms with Gasteiger partial charge in [0.25, 0.3) is 0 Å². The van der Waals surface area contributed by atoms with E-state index in [1.807, 2.05) is 13.0 Å². The highest BCUT2D eigenvalue weighted by molar-refractivity contribution is 5.93. The van der Waals surface area contributed by atoms with Gasteiger partial charge in [-0.25, -0.2) is 0 Å². The van der Waals surface area contributed by atoms with Crippen LogP contribution in [-0.2, 0) is 14.4 Å². The van der Waals surface area contributed by atoms with Gasteiger partial charge in [-0.15, -0.1) is 0 Å². The van der Waals surface area contributed by atoms with Crippen LogP contribution >= 0.6 is 0 Å². The van der Waals surface area contributed by atoms with Crippen molar-refractivity contribution in [1.82, 2.24) is 0 Å². The monoisotopic (exact) mass is 454 g/mol. The second-order valence-corrected chi connectivity index (χ2v) is 11.3. The molecule has 0 bridgehead atoms. The molecule has 0 aromatic rings. The molecule has 0 aromatic heterocycles. The number of Topliss-reactive ketones (excluding diaryl/α,β-unsaturated/α-hetero) is 1. The van der Waals surface area contributed by atoms with Gasteiger partial charge in [0.15, 0.2) is 5.78 Å². The highest BCUT2D eigenvalue weighted by Gasteiger charge is 2.45. The summed E-state index contributed by atoms with van der Waals surface area (Å²) in [6, 6.07) is 0. The molecule has 6 atom stereocenters. The van der Waals surface area contributed by atoms with Crippen molar-refractivity contribution in [2.45, 2.75) is 98.8 Å². The Kier molecular flexibility index (Phi) is 9.64. The summed E-state index contributed by atoms with van der Waals surface area (Å²) in [7, 11) is 0. The van der Waals surface area contributed by atoms with Crippen molar-refractivity contribution >= 4 is 17.9 Å². The lowest BCUT2D eigenvalue weighted by molar-refractivity contribution is -0.131. The van der Waals surface area contributed by atoms with Crippen LogP contribution in [-0.4, -0.2) is 17.9 Å². The maximum atomic E-state index is 11.6. The van der Waals surface area contributed by atoms with Crippen molar-refractivity contribution in [2.75, 3.05) is 0 Å². The molecule has 1 spiro atoms. The van der Waals surface area contributed by atoms with Crippen molar-refractivity contribution in [3.63, 3.8) is 0 Å². The van der Waals surface area contributed by atoms with Crippen LogP contribution in [0.5, 0.6) is 0 Å². The van der Waals surface area contributed by atoms with Crippen LogP contribution in [0.3, 0.4) is 0 Å². The predicted molar refractivity (Wildman–Crippen MR) is 137 cm³/mol. The first-order chi connectivity index (χ1) is 15.5. The molecular formula is C30H46O3. The Morgan fingerprint density at radius 1 is 0.970 bits per heavy atom. The zero-order valence-corrected chi connectivity index (χ0v) is 21.8. The average molecular weight is 455 g/mol. The molecule has 0 saturated heterocycles. The van der Waals surface area contributed by atoms with Gasteiger partial charge in [0.2, 0.25) is 0 Å². The Balaban J connectivity index is 0.000000234. The normalized spacial score (nSPS) is 35.6. The van der Waals surface area contributed by atoms with Gasteiger partial charge in [-0.3, -0.25) is 9.59 Å². The molecule has 3 heteroatoms. The molecule has 0 N–H and O–H groups in total. The van der Waals surface area contributed by atoms with Crippen LogP contribution < -0.4 is 0 Å². The van der Waals surface area contributed by atoms with E-state index in [4.69, 9.17) is 0 Å². The van der Waals surface area contributed by atoms with E-state index in [-0.39, 0.29) is 11.2 Å². The van der Waals surface area contributed by atoms with Crippen molar-refractivity contribution in [3.8, 4) is 0 Å². The first kappa shape index (κ1) is 27.5. The molecule has 0 amide bonds. The first-order valence-corrected chi connectivity index (χ1v) is 13.0. The predicted octanol–water partition coefficient (Wildman–Crippen LogP) is 7.46. The Bertz CT molecular complexity index is 790. The molecule has 0 aliphatic heterocycles. The third-order valence-corrected chi connectivity index (χ3v) is 8.90. The first-order valence-electron chi connectivity index (χ1n) is 13.0. The molecule has 3 rings (SSSR count). The molecule has 0 unspecified atom stereocenters. The molecule has 0 radical (unpaired) electrons. The van der Waals surface area contributed by atoms with E-state index in [2.05, 4.69) is 40.0 Å². The van der Waals surface area contributed by atoms with Crippen molar-refractivity contribution in [3.05, 3.63) is 36.5 Å². The molecule has 0 heterocycles. The molecule has 2 saturated carbocycles. The highest BCUT2D eigenvalue weighted by atomic mass is 16.1. The molecule has 3 nitrogen and oxygen atoms in total. The van der Waals surface area contributed by atoms with E-state index in [0.29, 0.717) is 35.9 Å². The fourth-order valence-corrected chi connectivity index (χ4v) is 6.88. The summed E-state index contributed by atoms with van der Waals surface area (Å²) in [4.78, 5) is 34.6. The summed E-state index contributed by atoms with van der Waals surface area (Å²) >= 11 is 0. The van der Waals surface area contributed by atoms with Gasteiger partial charge in [-0.2, -0.15) is 0 Å². The lowest BCUT2D eigenvalue weighted by atomic mass is 9.60. The second-order valence-electron chi connectivity index (χ2n) is 11.3. The third-order valence-electron chi connectivity index (χ3n) is 8.90. The second kappa shape index (κ2) is 11.6. The van der Waals surface area contributed by atoms with E-state index in [1.54, 1.807) is 6.92 Å². The maximum Gasteiger partial charge on any atom is 0.156 e. The number of carbonyl (C=O) groups excluding carboxylic acids is 3. The van der Waals surface area contributed by atoms with Crippen LogP contribution in [0.4, 0.5) is 0 Å². The lowest BCUT2D eigenvalue weighted by Gasteiger charge is -2.43. The molecule has 3 aliphatic carbocycles. The van der Waals surface area contributed by atoms with Crippen molar-refractivity contribution in [2.24, 2.45) is 34.5 Å². The van der Waals surface area contributed by atoms with E-state index in [9.17, 15) is 14.4 Å². The van der Waals surface area contributed by atoms with Gasteiger partial charge in [0.05, 0.1) is 0 Å². The van der Waals surface area contributed by atoms with Gasteiger partial charge in [0.1, 0.15) is 12.1 Å². The Labute approximate surface area is 202 Å². The molecular weight excluding hydrogens is 408 g/mol. The summed E-state index contributed by atoms with van der Waals surface area (Å²) in [5, 5.41) is 0. The zero-order valence-electron chi connectivity index (χ0n) is 21.8. The van der Waals surface area contributed by atoms with Crippen LogP contribution in [0.2, 0.25) is 0 Å². The van der Waals surface area contributed by atoms with Gasteiger partial charge in [0, 0.05) is 18.3 Å². The molecule has 33 heavy (non-hydrogen) atoms. The number of rotatable bonds is 7. The maximum absolute atomic E-state index is 11.6. The lowest BCUT2D eigenvalue weighted by Crippen LogP contribution is -2.40. The van der Waals surface area contributed by atoms with Gasteiger partial charge < -0.3 is 4.79 Å². The van der Waals surface area contributed by atoms with Gasteiger partial charge in [-0.1, -0.05) is 57.1 Å². The molecule has 2 fully saturated rings. The van der Waals surface area contributed by atoms with E-state index >= 15 is 0 Å². The number of ketones is 2. The minimum Gasteiger partial charge on any atom is -0.303 e. The number of carbonyl (C=O) groups is 3. The largest absolute Gasteiger partial charge is 0.303 e. The summed E-state index contributed by atoms with van der Waals surface area (Å²) in [5.74, 6) is 2.53. The number of hydrogen-bond donors (Lipinski definition) is 0. The number of allylic oxidation sites excluding steroid dienone is 4. The van der Waals surface area contributed by atoms with E-state index < -0.39 is 5.41 Å². The topological polar surface area (TPSA) is 51.2 Å². The standard InChI is InChI=1S/C15H24O2.C15H22O/c1-5-14-7-6-13(11(2)3)9-15(14,10-16)8-12(4)17;1-4-13-6-5-12(11(2)3)9-15(13)8-7-14(16)10-15/h10,13-14H,2,5-9H2,1,3-4H3;7-8,12-13H,2,4-6,9-10H2,1,3H3/t13-,14-,15-;12-,13-,15+/m00/s1. The molecule has 184 valence electrons. The summed E-state index contributed by atoms with van der Waals surface area (Å²) in [6.07, 6.45) is 15.0. The van der Waals surface area contributed by atoms with E-state index in [0.717, 1.165) is 50.4 Å². The third kappa shape index (κ3) is 6.43. The molecule has 3 aliphatic rings. The zero-order chi connectivity index (χ0) is 24.8. The van der Waals surface area contributed by atoms with E-state index in [1.165, 1.54) is 24.8 Å². The Hall–Kier alpha value is -1.77. The van der Waals surface area contributed by atoms with Gasteiger partial charge >= 0.3 is 0 Å². The smallest absolute Gasteiger partial charge is 0.156 e. The van der Waals surface area contributed by atoms with Crippen molar-refractivity contribution < 1.29 is 14.4 Å². The summed E-state index contributed by atoms with van der Waals surface area (Å²) < 4.78 is 0. The highest BCUT2D eigenvalue weighted by Crippen LogP contribution is 2.52. The summed E-state index contributed by atoms with van der Waals surface area (Å²) in [5.41, 5.74) is 2.19. The number of hydrogen-bond acceptors (Lipinski definition) is 3. The fraction of sp³-hybridized carbons (Fsp3) is 0.700. The van der Waals surface area contributed by atoms with Gasteiger partial charge in [-0.05, 0) is 94.5 Å². The SMILES string of the molecule is C=C(C)[C@H]1CC[C@H](CC)[C@@](C=O)(CC(C)=O)C1.C=C(C)[C@H]1CC[C@H](CC)[C@]2(C=CC(=O)C2)C1. The number of aldehydes is 1. The minimum absolute atomic E-state index is 0.123. The van der Waals surface area contributed by atoms with Crippen molar-refractivity contribution in [1.29, 1.82) is 0 Å².